The maximum absolute atomic E-state index is 11.9. The van der Waals surface area contributed by atoms with E-state index in [1.807, 2.05) is 5.32 Å². The number of hydrogen-bond donors (Lipinski definition) is 2. The van der Waals surface area contributed by atoms with E-state index in [1.54, 1.807) is 0 Å². The number of nitrogens with one attached hydrogen (secondary N) is 2. The number of alkyl halides is 3. The Labute approximate surface area is 98.1 Å². The summed E-state index contributed by atoms with van der Waals surface area (Å²) in [5, 5.41) is 5.12. The lowest BCUT2D eigenvalue weighted by atomic mass is 9.86. The Morgan fingerprint density at radius 2 is 2.00 bits per heavy atom. The molecule has 17 heavy (non-hydrogen) atoms. The summed E-state index contributed by atoms with van der Waals surface area (Å²) in [6, 6.07) is -0.180. The maximum atomic E-state index is 11.9. The van der Waals surface area contributed by atoms with Crippen LogP contribution in [0, 0.1) is 12.3 Å². The Balaban J connectivity index is 2.08. The van der Waals surface area contributed by atoms with Crippen LogP contribution in [0.4, 0.5) is 13.2 Å². The molecule has 0 spiro atoms. The van der Waals surface area contributed by atoms with Crippen LogP contribution in [0.5, 0.6) is 0 Å². The Kier molecular flexibility index (Phi) is 4.82. The molecule has 0 aliphatic heterocycles. The minimum Gasteiger partial charge on any atom is -0.345 e. The summed E-state index contributed by atoms with van der Waals surface area (Å²) < 4.78 is 35.7. The molecule has 0 bridgehead atoms. The number of unbranched alkanes of at least 4 members (excludes halogenated alkanes) is 1. The van der Waals surface area contributed by atoms with Crippen molar-refractivity contribution in [2.24, 2.45) is 0 Å². The highest BCUT2D eigenvalue weighted by Crippen LogP contribution is 2.22. The van der Waals surface area contributed by atoms with Crippen molar-refractivity contribution in [1.29, 1.82) is 0 Å². The lowest BCUT2D eigenvalue weighted by molar-refractivity contribution is -0.175. The summed E-state index contributed by atoms with van der Waals surface area (Å²) in [7, 11) is 0. The molecular formula is C11H15F3N2O. The van der Waals surface area contributed by atoms with Crippen LogP contribution in [0.2, 0.25) is 0 Å². The van der Waals surface area contributed by atoms with Gasteiger partial charge < -0.3 is 10.6 Å². The molecule has 1 rings (SSSR count). The van der Waals surface area contributed by atoms with Gasteiger partial charge in [0.15, 0.2) is 0 Å². The van der Waals surface area contributed by atoms with Gasteiger partial charge in [0, 0.05) is 18.5 Å². The monoisotopic (exact) mass is 248 g/mol. The molecule has 6 heteroatoms. The van der Waals surface area contributed by atoms with Gasteiger partial charge >= 0.3 is 12.1 Å². The van der Waals surface area contributed by atoms with Crippen molar-refractivity contribution in [2.45, 2.75) is 43.9 Å². The molecule has 0 aromatic heterocycles. The zero-order valence-corrected chi connectivity index (χ0v) is 9.31. The van der Waals surface area contributed by atoms with Crippen LogP contribution in [-0.4, -0.2) is 30.7 Å². The van der Waals surface area contributed by atoms with Crippen molar-refractivity contribution in [1.82, 2.24) is 10.6 Å². The molecule has 96 valence electrons. The van der Waals surface area contributed by atoms with Gasteiger partial charge in [0.25, 0.3) is 0 Å². The molecule has 0 heterocycles. The van der Waals surface area contributed by atoms with Crippen LogP contribution in [0.15, 0.2) is 0 Å². The highest BCUT2D eigenvalue weighted by Gasteiger charge is 2.41. The molecule has 1 amide bonds. The van der Waals surface area contributed by atoms with Gasteiger partial charge in [-0.1, -0.05) is 0 Å². The predicted octanol–water partition coefficient (Wildman–Crippen LogP) is 1.20. The van der Waals surface area contributed by atoms with E-state index in [0.717, 1.165) is 13.0 Å². The molecule has 0 radical (unpaired) electrons. The zero-order valence-electron chi connectivity index (χ0n) is 9.31. The molecule has 0 aromatic rings. The second-order valence-electron chi connectivity index (χ2n) is 4.10. The highest BCUT2D eigenvalue weighted by molar-refractivity contribution is 5.82. The van der Waals surface area contributed by atoms with Crippen LogP contribution < -0.4 is 10.6 Å². The number of rotatable bonds is 5. The third kappa shape index (κ3) is 4.65. The second-order valence-corrected chi connectivity index (χ2v) is 4.10. The van der Waals surface area contributed by atoms with Crippen LogP contribution in [0.25, 0.3) is 0 Å². The van der Waals surface area contributed by atoms with E-state index in [1.165, 1.54) is 0 Å². The molecule has 1 fully saturated rings. The van der Waals surface area contributed by atoms with Crippen molar-refractivity contribution in [3.05, 3.63) is 0 Å². The number of terminal acetylenes is 1. The van der Waals surface area contributed by atoms with E-state index < -0.39 is 12.1 Å². The molecule has 0 aromatic carbocycles. The van der Waals surface area contributed by atoms with Crippen LogP contribution in [0.3, 0.4) is 0 Å². The highest BCUT2D eigenvalue weighted by atomic mass is 19.4. The molecule has 0 atom stereocenters. The zero-order chi connectivity index (χ0) is 12.9. The van der Waals surface area contributed by atoms with Crippen molar-refractivity contribution < 1.29 is 18.0 Å². The van der Waals surface area contributed by atoms with Gasteiger partial charge in [-0.15, -0.1) is 12.3 Å². The first-order valence-corrected chi connectivity index (χ1v) is 5.48. The number of hydrogen-bond acceptors (Lipinski definition) is 2. The van der Waals surface area contributed by atoms with Crippen LogP contribution >= 0.6 is 0 Å². The molecule has 1 aliphatic carbocycles. The number of carbonyl (C=O) groups is 1. The Morgan fingerprint density at radius 1 is 1.35 bits per heavy atom. The second kappa shape index (κ2) is 5.92. The van der Waals surface area contributed by atoms with E-state index in [9.17, 15) is 18.0 Å². The molecule has 1 aliphatic rings. The van der Waals surface area contributed by atoms with E-state index in [0.29, 0.717) is 19.3 Å². The van der Waals surface area contributed by atoms with Crippen molar-refractivity contribution >= 4 is 5.91 Å². The average molecular weight is 248 g/mol. The first-order chi connectivity index (χ1) is 7.93. The summed E-state index contributed by atoms with van der Waals surface area (Å²) in [5.41, 5.74) is 0. The quantitative estimate of drug-likeness (QED) is 0.567. The largest absolute Gasteiger partial charge is 0.471 e. The van der Waals surface area contributed by atoms with E-state index in [-0.39, 0.29) is 12.1 Å². The minimum atomic E-state index is -4.79. The van der Waals surface area contributed by atoms with Crippen molar-refractivity contribution in [3.63, 3.8) is 0 Å². The first-order valence-electron chi connectivity index (χ1n) is 5.48. The molecule has 0 saturated heterocycles. The summed E-state index contributed by atoms with van der Waals surface area (Å²) in [6.07, 6.45) is 2.91. The Morgan fingerprint density at radius 3 is 2.53 bits per heavy atom. The summed E-state index contributed by atoms with van der Waals surface area (Å²) in [5.74, 6) is 0.654. The van der Waals surface area contributed by atoms with Gasteiger partial charge in [-0.05, 0) is 25.8 Å². The SMILES string of the molecule is C#CCCCN[C@H]1C[C@@H](NC(=O)C(F)(F)F)C1. The summed E-state index contributed by atoms with van der Waals surface area (Å²) in [4.78, 5) is 10.6. The third-order valence-electron chi connectivity index (χ3n) is 2.66. The fourth-order valence-corrected chi connectivity index (χ4v) is 1.67. The van der Waals surface area contributed by atoms with Crippen LogP contribution in [-0.2, 0) is 4.79 Å². The topological polar surface area (TPSA) is 41.1 Å². The predicted molar refractivity (Wildman–Crippen MR) is 57.1 cm³/mol. The Hall–Kier alpha value is -1.22. The molecular weight excluding hydrogens is 233 g/mol. The van der Waals surface area contributed by atoms with Gasteiger partial charge in [-0.3, -0.25) is 4.79 Å². The van der Waals surface area contributed by atoms with Gasteiger partial charge in [0.2, 0.25) is 0 Å². The lowest BCUT2D eigenvalue weighted by Gasteiger charge is -2.36. The van der Waals surface area contributed by atoms with Gasteiger partial charge in [0.05, 0.1) is 0 Å². The number of amides is 1. The van der Waals surface area contributed by atoms with Gasteiger partial charge in [-0.25, -0.2) is 0 Å². The smallest absolute Gasteiger partial charge is 0.345 e. The van der Waals surface area contributed by atoms with Gasteiger partial charge in [0.1, 0.15) is 0 Å². The van der Waals surface area contributed by atoms with E-state index >= 15 is 0 Å². The van der Waals surface area contributed by atoms with Crippen molar-refractivity contribution in [2.75, 3.05) is 6.54 Å². The molecule has 1 saturated carbocycles. The van der Waals surface area contributed by atoms with E-state index in [2.05, 4.69) is 11.2 Å². The molecule has 0 unspecified atom stereocenters. The minimum absolute atomic E-state index is 0.186. The van der Waals surface area contributed by atoms with E-state index in [4.69, 9.17) is 6.42 Å². The molecule has 3 nitrogen and oxygen atoms in total. The maximum Gasteiger partial charge on any atom is 0.471 e. The van der Waals surface area contributed by atoms with Crippen LogP contribution in [0.1, 0.15) is 25.7 Å². The lowest BCUT2D eigenvalue weighted by Crippen LogP contribution is -2.54. The van der Waals surface area contributed by atoms with Gasteiger partial charge in [-0.2, -0.15) is 13.2 Å². The number of halogens is 3. The average Bonchev–Trinajstić information content (AvgIpc) is 2.18. The summed E-state index contributed by atoms with van der Waals surface area (Å²) >= 11 is 0. The Bertz CT molecular complexity index is 303. The fraction of sp³-hybridized carbons (Fsp3) is 0.727. The first kappa shape index (κ1) is 13.8. The number of carbonyl (C=O) groups excluding carboxylic acids is 1. The summed E-state index contributed by atoms with van der Waals surface area (Å²) in [6.45, 7) is 0.759. The van der Waals surface area contributed by atoms with Crippen molar-refractivity contribution in [3.8, 4) is 12.3 Å². The molecule has 2 N–H and O–H groups in total. The standard InChI is InChI=1S/C11H15F3N2O/c1-2-3-4-5-15-8-6-9(7-8)16-10(17)11(12,13)14/h1,8-9,15H,3-7H2,(H,16,17)/t8-,9+. The normalized spacial score (nSPS) is 23.6. The fourth-order valence-electron chi connectivity index (χ4n) is 1.67. The third-order valence-corrected chi connectivity index (χ3v) is 2.66.